The second-order valence-corrected chi connectivity index (χ2v) is 6.60. The fraction of sp³-hybridized carbons (Fsp3) is 0.263. The van der Waals surface area contributed by atoms with E-state index in [-0.39, 0.29) is 5.91 Å². The number of nitrogens with zero attached hydrogens (tertiary/aromatic N) is 2. The summed E-state index contributed by atoms with van der Waals surface area (Å²) in [6.45, 7) is 3.05. The normalized spacial score (nSPS) is 14.8. The van der Waals surface area contributed by atoms with Crippen molar-refractivity contribution in [2.45, 2.75) is 6.42 Å². The minimum absolute atomic E-state index is 0.174. The molecule has 5 heteroatoms. The van der Waals surface area contributed by atoms with Crippen molar-refractivity contribution in [3.05, 3.63) is 70.6 Å². The maximum atomic E-state index is 12.4. The third-order valence-electron chi connectivity index (χ3n) is 4.21. The molecule has 0 unspecified atom stereocenters. The van der Waals surface area contributed by atoms with Crippen LogP contribution in [0.4, 0.5) is 5.69 Å². The minimum atomic E-state index is 0.174. The first kappa shape index (κ1) is 17.1. The smallest absolute Gasteiger partial charge is 0.223 e. The summed E-state index contributed by atoms with van der Waals surface area (Å²) < 4.78 is 0. The molecule has 3 rings (SSSR count). The van der Waals surface area contributed by atoms with Crippen LogP contribution in [-0.4, -0.2) is 37.0 Å². The van der Waals surface area contributed by atoms with Crippen molar-refractivity contribution in [1.29, 1.82) is 0 Å². The van der Waals surface area contributed by atoms with Crippen molar-refractivity contribution in [3.8, 4) is 0 Å². The predicted molar refractivity (Wildman–Crippen MR) is 99.7 cm³/mol. The standard InChI is InChI=1S/C19H19Cl2N2O/c20-17-8-7-16(14-18(17)21)22-10-12-23(13-11-22)19(24)9-6-15-4-2-1-3-5-15/h1-8,14H,9-13H2. The Hall–Kier alpha value is -1.71. The number of anilines is 1. The highest BCUT2D eigenvalue weighted by molar-refractivity contribution is 6.42. The summed E-state index contributed by atoms with van der Waals surface area (Å²) >= 11 is 12.0. The van der Waals surface area contributed by atoms with Crippen LogP contribution >= 0.6 is 23.2 Å². The monoisotopic (exact) mass is 361 g/mol. The molecule has 24 heavy (non-hydrogen) atoms. The Kier molecular flexibility index (Phi) is 5.64. The number of hydrogen-bond acceptors (Lipinski definition) is 2. The molecule has 1 aliphatic heterocycles. The highest BCUT2D eigenvalue weighted by Gasteiger charge is 2.21. The molecule has 2 aromatic rings. The zero-order chi connectivity index (χ0) is 16.9. The molecule has 1 heterocycles. The van der Waals surface area contributed by atoms with Gasteiger partial charge in [0.25, 0.3) is 0 Å². The lowest BCUT2D eigenvalue weighted by atomic mass is 10.1. The second kappa shape index (κ2) is 7.91. The van der Waals surface area contributed by atoms with E-state index in [1.807, 2.05) is 59.9 Å². The van der Waals surface area contributed by atoms with Crippen molar-refractivity contribution in [1.82, 2.24) is 4.90 Å². The Morgan fingerprint density at radius 2 is 1.67 bits per heavy atom. The van der Waals surface area contributed by atoms with E-state index in [0.29, 0.717) is 16.5 Å². The highest BCUT2D eigenvalue weighted by atomic mass is 35.5. The van der Waals surface area contributed by atoms with Crippen LogP contribution in [0.1, 0.15) is 12.0 Å². The molecule has 0 N–H and O–H groups in total. The van der Waals surface area contributed by atoms with Crippen LogP contribution in [0.5, 0.6) is 0 Å². The number of amides is 1. The molecule has 1 radical (unpaired) electrons. The van der Waals surface area contributed by atoms with Gasteiger partial charge in [0.15, 0.2) is 0 Å². The van der Waals surface area contributed by atoms with Gasteiger partial charge in [-0.2, -0.15) is 0 Å². The molecule has 2 aromatic carbocycles. The van der Waals surface area contributed by atoms with Crippen LogP contribution in [0.25, 0.3) is 0 Å². The van der Waals surface area contributed by atoms with Crippen LogP contribution in [0.2, 0.25) is 10.0 Å². The summed E-state index contributed by atoms with van der Waals surface area (Å²) in [5, 5.41) is 1.12. The Labute approximate surface area is 152 Å². The SMILES string of the molecule is O=C(C[CH]c1ccccc1)N1CCN(c2ccc(Cl)c(Cl)c2)CC1. The number of benzene rings is 2. The lowest BCUT2D eigenvalue weighted by Gasteiger charge is -2.36. The highest BCUT2D eigenvalue weighted by Crippen LogP contribution is 2.27. The van der Waals surface area contributed by atoms with Gasteiger partial charge in [-0.15, -0.1) is 0 Å². The molecule has 0 spiro atoms. The first-order chi connectivity index (χ1) is 11.6. The van der Waals surface area contributed by atoms with Crippen LogP contribution in [0.15, 0.2) is 48.5 Å². The van der Waals surface area contributed by atoms with Crippen molar-refractivity contribution < 1.29 is 4.79 Å². The van der Waals surface area contributed by atoms with Crippen LogP contribution < -0.4 is 4.90 Å². The Morgan fingerprint density at radius 3 is 2.33 bits per heavy atom. The van der Waals surface area contributed by atoms with E-state index < -0.39 is 0 Å². The number of rotatable bonds is 4. The average Bonchev–Trinajstić information content (AvgIpc) is 2.63. The van der Waals surface area contributed by atoms with Crippen molar-refractivity contribution >= 4 is 34.8 Å². The number of carbonyl (C=O) groups excluding carboxylic acids is 1. The molecular formula is C19H19Cl2N2O. The lowest BCUT2D eigenvalue weighted by molar-refractivity contribution is -0.130. The van der Waals surface area contributed by atoms with Crippen LogP contribution in [0.3, 0.4) is 0 Å². The zero-order valence-corrected chi connectivity index (χ0v) is 14.8. The molecule has 1 saturated heterocycles. The fourth-order valence-electron chi connectivity index (χ4n) is 2.82. The molecule has 1 aliphatic rings. The molecule has 1 amide bonds. The average molecular weight is 362 g/mol. The van der Waals surface area contributed by atoms with Crippen molar-refractivity contribution in [2.75, 3.05) is 31.1 Å². The van der Waals surface area contributed by atoms with E-state index in [1.165, 1.54) is 0 Å². The second-order valence-electron chi connectivity index (χ2n) is 5.79. The third-order valence-corrected chi connectivity index (χ3v) is 4.95. The Balaban J connectivity index is 1.51. The van der Waals surface area contributed by atoms with Gasteiger partial charge in [-0.1, -0.05) is 53.5 Å². The van der Waals surface area contributed by atoms with E-state index in [2.05, 4.69) is 4.90 Å². The predicted octanol–water partition coefficient (Wildman–Crippen LogP) is 4.28. The van der Waals surface area contributed by atoms with E-state index in [9.17, 15) is 4.79 Å². The van der Waals surface area contributed by atoms with Gasteiger partial charge >= 0.3 is 0 Å². The fourth-order valence-corrected chi connectivity index (χ4v) is 3.11. The summed E-state index contributed by atoms with van der Waals surface area (Å²) in [6, 6.07) is 15.6. The summed E-state index contributed by atoms with van der Waals surface area (Å²) in [4.78, 5) is 16.5. The zero-order valence-electron chi connectivity index (χ0n) is 13.3. The lowest BCUT2D eigenvalue weighted by Crippen LogP contribution is -2.48. The quantitative estimate of drug-likeness (QED) is 0.810. The van der Waals surface area contributed by atoms with Gasteiger partial charge in [0.1, 0.15) is 0 Å². The van der Waals surface area contributed by atoms with Gasteiger partial charge < -0.3 is 9.80 Å². The molecule has 3 nitrogen and oxygen atoms in total. The third kappa shape index (κ3) is 4.22. The van der Waals surface area contributed by atoms with Gasteiger partial charge in [0.05, 0.1) is 10.0 Å². The molecule has 125 valence electrons. The number of piperazine rings is 1. The molecule has 0 bridgehead atoms. The first-order valence-corrected chi connectivity index (χ1v) is 8.75. The molecule has 0 saturated carbocycles. The number of halogens is 2. The van der Waals surface area contributed by atoms with E-state index in [1.54, 1.807) is 0 Å². The van der Waals surface area contributed by atoms with E-state index in [0.717, 1.165) is 37.4 Å². The molecular weight excluding hydrogens is 343 g/mol. The molecule has 0 aliphatic carbocycles. The van der Waals surface area contributed by atoms with Gasteiger partial charge in [-0.3, -0.25) is 4.79 Å². The number of hydrogen-bond donors (Lipinski definition) is 0. The summed E-state index contributed by atoms with van der Waals surface area (Å²) in [5.41, 5.74) is 2.13. The maximum Gasteiger partial charge on any atom is 0.223 e. The van der Waals surface area contributed by atoms with Gasteiger partial charge in [-0.05, 0) is 30.2 Å². The number of carbonyl (C=O) groups is 1. The van der Waals surface area contributed by atoms with E-state index >= 15 is 0 Å². The molecule has 0 atom stereocenters. The Morgan fingerprint density at radius 1 is 0.958 bits per heavy atom. The summed E-state index contributed by atoms with van der Waals surface area (Å²) in [5.74, 6) is 0.174. The topological polar surface area (TPSA) is 23.6 Å². The van der Waals surface area contributed by atoms with Crippen molar-refractivity contribution in [2.24, 2.45) is 0 Å². The van der Waals surface area contributed by atoms with Crippen LogP contribution in [-0.2, 0) is 4.79 Å². The molecule has 1 fully saturated rings. The largest absolute Gasteiger partial charge is 0.368 e. The van der Waals surface area contributed by atoms with Crippen LogP contribution in [0, 0.1) is 6.42 Å². The van der Waals surface area contributed by atoms with Gasteiger partial charge in [0, 0.05) is 38.3 Å². The molecule has 0 aromatic heterocycles. The summed E-state index contributed by atoms with van der Waals surface area (Å²) in [6.07, 6.45) is 2.42. The van der Waals surface area contributed by atoms with Crippen molar-refractivity contribution in [3.63, 3.8) is 0 Å². The Bertz CT molecular complexity index is 698. The van der Waals surface area contributed by atoms with Gasteiger partial charge in [-0.25, -0.2) is 0 Å². The maximum absolute atomic E-state index is 12.4. The summed E-state index contributed by atoms with van der Waals surface area (Å²) in [7, 11) is 0. The minimum Gasteiger partial charge on any atom is -0.368 e. The van der Waals surface area contributed by atoms with Gasteiger partial charge in [0.2, 0.25) is 5.91 Å². The van der Waals surface area contributed by atoms with E-state index in [4.69, 9.17) is 23.2 Å². The first-order valence-electron chi connectivity index (χ1n) is 7.99.